The lowest BCUT2D eigenvalue weighted by Crippen LogP contribution is -2.34. The third-order valence-corrected chi connectivity index (χ3v) is 4.56. The van der Waals surface area contributed by atoms with Crippen molar-refractivity contribution in [3.63, 3.8) is 0 Å². The molecule has 0 aromatic heterocycles. The van der Waals surface area contributed by atoms with Crippen LogP contribution in [0.25, 0.3) is 0 Å². The summed E-state index contributed by atoms with van der Waals surface area (Å²) in [5, 5.41) is 0. The molecule has 0 saturated heterocycles. The maximum atomic E-state index is 6.01. The van der Waals surface area contributed by atoms with Gasteiger partial charge in [0.15, 0.2) is 0 Å². The number of hydrogen-bond donors (Lipinski definition) is 1. The molecular formula is C15H23BrN2. The minimum Gasteiger partial charge on any atom is -0.328 e. The molecule has 1 aliphatic rings. The van der Waals surface area contributed by atoms with Gasteiger partial charge in [-0.25, -0.2) is 0 Å². The van der Waals surface area contributed by atoms with Gasteiger partial charge in [0.05, 0.1) is 0 Å². The number of hydrogen-bond acceptors (Lipinski definition) is 2. The average molecular weight is 311 g/mol. The van der Waals surface area contributed by atoms with Crippen LogP contribution in [0.4, 0.5) is 0 Å². The Hall–Kier alpha value is -0.380. The molecule has 1 aromatic rings. The van der Waals surface area contributed by atoms with Crippen LogP contribution < -0.4 is 5.73 Å². The summed E-state index contributed by atoms with van der Waals surface area (Å²) in [5.41, 5.74) is 7.43. The predicted octanol–water partition coefficient (Wildman–Crippen LogP) is 3.57. The van der Waals surface area contributed by atoms with E-state index < -0.39 is 0 Å². The highest BCUT2D eigenvalue weighted by molar-refractivity contribution is 9.10. The maximum Gasteiger partial charge on any atom is 0.0370 e. The molecule has 0 spiro atoms. The highest BCUT2D eigenvalue weighted by Crippen LogP contribution is 2.37. The monoisotopic (exact) mass is 310 g/mol. The molecule has 0 aliphatic heterocycles. The SMILES string of the molecule is CN(C)C(c1ccc(Br)cc1)C1CCC(N)CC1. The minimum atomic E-state index is 0.425. The quantitative estimate of drug-likeness (QED) is 0.924. The minimum absolute atomic E-state index is 0.425. The highest BCUT2D eigenvalue weighted by Gasteiger charge is 2.28. The van der Waals surface area contributed by atoms with Crippen LogP contribution in [-0.2, 0) is 0 Å². The van der Waals surface area contributed by atoms with E-state index in [1.807, 2.05) is 0 Å². The van der Waals surface area contributed by atoms with E-state index in [1.54, 1.807) is 0 Å². The molecule has 2 rings (SSSR count). The zero-order chi connectivity index (χ0) is 13.1. The number of nitrogens with two attached hydrogens (primary N) is 1. The Morgan fingerprint density at radius 2 is 1.67 bits per heavy atom. The molecule has 1 unspecified atom stereocenters. The first-order chi connectivity index (χ1) is 8.58. The number of benzene rings is 1. The topological polar surface area (TPSA) is 29.3 Å². The Morgan fingerprint density at radius 3 is 2.17 bits per heavy atom. The van der Waals surface area contributed by atoms with Crippen LogP contribution in [0.2, 0.25) is 0 Å². The van der Waals surface area contributed by atoms with Crippen LogP contribution in [0.15, 0.2) is 28.7 Å². The van der Waals surface area contributed by atoms with Crippen molar-refractivity contribution in [1.82, 2.24) is 4.90 Å². The first-order valence-electron chi connectivity index (χ1n) is 6.75. The second kappa shape index (κ2) is 6.18. The van der Waals surface area contributed by atoms with Crippen LogP contribution in [0.3, 0.4) is 0 Å². The van der Waals surface area contributed by atoms with E-state index in [-0.39, 0.29) is 0 Å². The summed E-state index contributed by atoms with van der Waals surface area (Å²) in [7, 11) is 4.36. The van der Waals surface area contributed by atoms with Crippen LogP contribution in [-0.4, -0.2) is 25.0 Å². The third kappa shape index (κ3) is 3.34. The summed E-state index contributed by atoms with van der Waals surface area (Å²) in [6.45, 7) is 0. The maximum absolute atomic E-state index is 6.01. The van der Waals surface area contributed by atoms with Gasteiger partial charge in [-0.15, -0.1) is 0 Å². The van der Waals surface area contributed by atoms with Gasteiger partial charge in [0.1, 0.15) is 0 Å². The molecule has 18 heavy (non-hydrogen) atoms. The van der Waals surface area contributed by atoms with Gasteiger partial charge in [-0.3, -0.25) is 0 Å². The molecule has 0 heterocycles. The predicted molar refractivity (Wildman–Crippen MR) is 80.5 cm³/mol. The summed E-state index contributed by atoms with van der Waals surface area (Å²) >= 11 is 3.51. The largest absolute Gasteiger partial charge is 0.328 e. The van der Waals surface area contributed by atoms with E-state index in [2.05, 4.69) is 59.2 Å². The van der Waals surface area contributed by atoms with Gasteiger partial charge in [-0.05, 0) is 63.4 Å². The second-order valence-electron chi connectivity index (χ2n) is 5.63. The second-order valence-corrected chi connectivity index (χ2v) is 6.55. The van der Waals surface area contributed by atoms with Gasteiger partial charge in [0, 0.05) is 16.6 Å². The van der Waals surface area contributed by atoms with Crippen LogP contribution in [0.1, 0.15) is 37.3 Å². The zero-order valence-electron chi connectivity index (χ0n) is 11.3. The molecule has 1 aromatic carbocycles. The Balaban J connectivity index is 2.15. The molecule has 1 aliphatic carbocycles. The Bertz CT molecular complexity index is 367. The highest BCUT2D eigenvalue weighted by atomic mass is 79.9. The van der Waals surface area contributed by atoms with Crippen molar-refractivity contribution in [1.29, 1.82) is 0 Å². The fourth-order valence-electron chi connectivity index (χ4n) is 3.11. The first kappa shape index (κ1) is 14.0. The summed E-state index contributed by atoms with van der Waals surface area (Å²) in [5.74, 6) is 0.737. The third-order valence-electron chi connectivity index (χ3n) is 4.03. The van der Waals surface area contributed by atoms with Crippen molar-refractivity contribution in [2.75, 3.05) is 14.1 Å². The molecule has 2 N–H and O–H groups in total. The lowest BCUT2D eigenvalue weighted by atomic mass is 9.79. The van der Waals surface area contributed by atoms with E-state index in [4.69, 9.17) is 5.73 Å². The van der Waals surface area contributed by atoms with Gasteiger partial charge in [-0.1, -0.05) is 28.1 Å². The van der Waals surface area contributed by atoms with Crippen LogP contribution in [0.5, 0.6) is 0 Å². The van der Waals surface area contributed by atoms with Gasteiger partial charge in [0.25, 0.3) is 0 Å². The Kier molecular flexibility index (Phi) is 4.82. The van der Waals surface area contributed by atoms with Gasteiger partial charge >= 0.3 is 0 Å². The first-order valence-corrected chi connectivity index (χ1v) is 7.54. The van der Waals surface area contributed by atoms with E-state index in [9.17, 15) is 0 Å². The molecule has 100 valence electrons. The van der Waals surface area contributed by atoms with E-state index in [0.717, 1.165) is 10.4 Å². The fraction of sp³-hybridized carbons (Fsp3) is 0.600. The number of rotatable bonds is 3. The summed E-state index contributed by atoms with van der Waals surface area (Å²) in [6, 6.07) is 9.70. The van der Waals surface area contributed by atoms with Crippen molar-refractivity contribution < 1.29 is 0 Å². The standard InChI is InChI=1S/C15H23BrN2/c1-18(2)15(11-3-7-13(16)8-4-11)12-5-9-14(17)10-6-12/h3-4,7-8,12,14-15H,5-6,9-10,17H2,1-2H3. The van der Waals surface area contributed by atoms with Crippen molar-refractivity contribution in [3.8, 4) is 0 Å². The average Bonchev–Trinajstić information content (AvgIpc) is 2.34. The van der Waals surface area contributed by atoms with E-state index >= 15 is 0 Å². The summed E-state index contributed by atoms with van der Waals surface area (Å²) in [4.78, 5) is 2.35. The molecule has 0 radical (unpaired) electrons. The molecule has 3 heteroatoms. The number of nitrogens with zero attached hydrogens (tertiary/aromatic N) is 1. The van der Waals surface area contributed by atoms with E-state index in [0.29, 0.717) is 12.1 Å². The Morgan fingerprint density at radius 1 is 1.11 bits per heavy atom. The molecular weight excluding hydrogens is 288 g/mol. The zero-order valence-corrected chi connectivity index (χ0v) is 12.9. The smallest absolute Gasteiger partial charge is 0.0370 e. The van der Waals surface area contributed by atoms with Gasteiger partial charge in [0.2, 0.25) is 0 Å². The van der Waals surface area contributed by atoms with E-state index in [1.165, 1.54) is 31.2 Å². The molecule has 1 saturated carbocycles. The molecule has 1 atom stereocenters. The van der Waals surface area contributed by atoms with Crippen LogP contribution >= 0.6 is 15.9 Å². The Labute approximate surface area is 119 Å². The molecule has 2 nitrogen and oxygen atoms in total. The van der Waals surface area contributed by atoms with Crippen LogP contribution in [0, 0.1) is 5.92 Å². The van der Waals surface area contributed by atoms with Gasteiger partial charge in [-0.2, -0.15) is 0 Å². The lowest BCUT2D eigenvalue weighted by Gasteiger charge is -2.36. The van der Waals surface area contributed by atoms with Crippen molar-refractivity contribution >= 4 is 15.9 Å². The summed E-state index contributed by atoms with van der Waals surface area (Å²) < 4.78 is 1.15. The number of halogens is 1. The van der Waals surface area contributed by atoms with Crippen molar-refractivity contribution in [3.05, 3.63) is 34.3 Å². The lowest BCUT2D eigenvalue weighted by molar-refractivity contribution is 0.164. The van der Waals surface area contributed by atoms with Gasteiger partial charge < -0.3 is 10.6 Å². The summed E-state index contributed by atoms with van der Waals surface area (Å²) in [6.07, 6.45) is 4.84. The molecule has 1 fully saturated rings. The van der Waals surface area contributed by atoms with Crippen molar-refractivity contribution in [2.45, 2.75) is 37.8 Å². The fourth-order valence-corrected chi connectivity index (χ4v) is 3.38. The molecule has 0 bridgehead atoms. The normalized spacial score (nSPS) is 26.3. The van der Waals surface area contributed by atoms with Crippen molar-refractivity contribution in [2.24, 2.45) is 11.7 Å². The molecule has 0 amide bonds.